The molecule has 0 atom stereocenters. The van der Waals surface area contributed by atoms with Crippen LogP contribution in [0.15, 0.2) is 18.2 Å². The lowest BCUT2D eigenvalue weighted by Crippen LogP contribution is -2.32. The van der Waals surface area contributed by atoms with Crippen molar-refractivity contribution in [2.24, 2.45) is 5.14 Å². The Morgan fingerprint density at radius 3 is 2.65 bits per heavy atom. The van der Waals surface area contributed by atoms with Gasteiger partial charge in [-0.15, -0.1) is 0 Å². The molecule has 5 nitrogen and oxygen atoms in total. The molecule has 0 spiro atoms. The molecule has 0 saturated heterocycles. The van der Waals surface area contributed by atoms with Gasteiger partial charge in [-0.2, -0.15) is 0 Å². The zero-order valence-electron chi connectivity index (χ0n) is 8.61. The van der Waals surface area contributed by atoms with Crippen LogP contribution in [0.4, 0.5) is 4.39 Å². The Kier molecular flexibility index (Phi) is 4.44. The summed E-state index contributed by atoms with van der Waals surface area (Å²) in [6.07, 6.45) is 0. The van der Waals surface area contributed by atoms with Crippen LogP contribution in [0.1, 0.15) is 10.4 Å². The normalized spacial score (nSPS) is 11.2. The molecule has 8 heteroatoms. The number of nitrogens with two attached hydrogens (primary N) is 1. The van der Waals surface area contributed by atoms with E-state index in [4.69, 9.17) is 16.7 Å². The molecular formula is C9H10ClFN2O3S. The molecule has 0 aliphatic heterocycles. The number of carbonyl (C=O) groups is 1. The molecule has 1 amide bonds. The number of carbonyl (C=O) groups excluding carboxylic acids is 1. The largest absolute Gasteiger partial charge is 0.351 e. The number of hydrogen-bond acceptors (Lipinski definition) is 3. The number of halogens is 2. The highest BCUT2D eigenvalue weighted by molar-refractivity contribution is 7.89. The molecule has 0 bridgehead atoms. The average Bonchev–Trinajstić information content (AvgIpc) is 2.15. The van der Waals surface area contributed by atoms with Crippen LogP contribution < -0.4 is 10.5 Å². The van der Waals surface area contributed by atoms with Gasteiger partial charge in [0.25, 0.3) is 5.91 Å². The number of rotatable bonds is 4. The molecule has 1 aromatic rings. The molecule has 0 aliphatic rings. The maximum atomic E-state index is 13.3. The third-order valence-electron chi connectivity index (χ3n) is 1.86. The third-order valence-corrected chi connectivity index (χ3v) is 2.95. The first kappa shape index (κ1) is 13.9. The van der Waals surface area contributed by atoms with E-state index in [0.717, 1.165) is 6.07 Å². The molecule has 0 aliphatic carbocycles. The molecule has 0 heterocycles. The molecule has 1 rings (SSSR count). The molecule has 0 radical (unpaired) electrons. The van der Waals surface area contributed by atoms with Crippen LogP contribution in [0, 0.1) is 5.82 Å². The highest BCUT2D eigenvalue weighted by atomic mass is 35.5. The number of benzene rings is 1. The van der Waals surface area contributed by atoms with Crippen molar-refractivity contribution in [3.63, 3.8) is 0 Å². The fraction of sp³-hybridized carbons (Fsp3) is 0.222. The fourth-order valence-corrected chi connectivity index (χ4v) is 1.75. The maximum absolute atomic E-state index is 13.3. The first-order valence-corrected chi connectivity index (χ1v) is 6.63. The van der Waals surface area contributed by atoms with Gasteiger partial charge in [0.15, 0.2) is 0 Å². The molecule has 0 fully saturated rings. The van der Waals surface area contributed by atoms with Crippen molar-refractivity contribution in [2.75, 3.05) is 12.3 Å². The number of nitrogens with one attached hydrogen (secondary N) is 1. The van der Waals surface area contributed by atoms with Crippen molar-refractivity contribution >= 4 is 27.5 Å². The molecule has 94 valence electrons. The second-order valence-electron chi connectivity index (χ2n) is 3.22. The Balaban J connectivity index is 2.71. The zero-order valence-corrected chi connectivity index (χ0v) is 10.2. The van der Waals surface area contributed by atoms with Crippen LogP contribution in [0.3, 0.4) is 0 Å². The molecule has 0 unspecified atom stereocenters. The number of primary sulfonamides is 1. The van der Waals surface area contributed by atoms with Gasteiger partial charge in [0.1, 0.15) is 5.82 Å². The highest BCUT2D eigenvalue weighted by Gasteiger charge is 2.15. The monoisotopic (exact) mass is 280 g/mol. The average molecular weight is 281 g/mol. The topological polar surface area (TPSA) is 89.3 Å². The summed E-state index contributed by atoms with van der Waals surface area (Å²) in [6, 6.07) is 3.80. The van der Waals surface area contributed by atoms with Crippen molar-refractivity contribution in [3.8, 4) is 0 Å². The van der Waals surface area contributed by atoms with Gasteiger partial charge in [0.2, 0.25) is 10.0 Å². The standard InChI is InChI=1S/C9H10ClFN2O3S/c10-6-2-1-3-7(11)8(6)9(14)13-4-5-17(12,15)16/h1-3H,4-5H2,(H,13,14)(H2,12,15,16). The van der Waals surface area contributed by atoms with Crippen LogP contribution in [-0.2, 0) is 10.0 Å². The lowest BCUT2D eigenvalue weighted by atomic mass is 10.2. The van der Waals surface area contributed by atoms with E-state index in [1.54, 1.807) is 0 Å². The van der Waals surface area contributed by atoms with E-state index >= 15 is 0 Å². The maximum Gasteiger partial charge on any atom is 0.255 e. The molecular weight excluding hydrogens is 271 g/mol. The number of amides is 1. The molecule has 1 aromatic carbocycles. The molecule has 0 saturated carbocycles. The summed E-state index contributed by atoms with van der Waals surface area (Å²) < 4.78 is 34.5. The van der Waals surface area contributed by atoms with E-state index in [9.17, 15) is 17.6 Å². The predicted molar refractivity (Wildman–Crippen MR) is 61.7 cm³/mol. The minimum Gasteiger partial charge on any atom is -0.351 e. The Bertz CT molecular complexity index is 513. The highest BCUT2D eigenvalue weighted by Crippen LogP contribution is 2.18. The summed E-state index contributed by atoms with van der Waals surface area (Å²) in [5, 5.41) is 6.91. The van der Waals surface area contributed by atoms with E-state index in [-0.39, 0.29) is 17.1 Å². The van der Waals surface area contributed by atoms with Gasteiger partial charge in [0, 0.05) is 6.54 Å². The van der Waals surface area contributed by atoms with Crippen molar-refractivity contribution < 1.29 is 17.6 Å². The van der Waals surface area contributed by atoms with Crippen LogP contribution in [0.2, 0.25) is 5.02 Å². The minimum absolute atomic E-state index is 0.0434. The smallest absolute Gasteiger partial charge is 0.255 e. The SMILES string of the molecule is NS(=O)(=O)CCNC(=O)c1c(F)cccc1Cl. The zero-order chi connectivity index (χ0) is 13.1. The van der Waals surface area contributed by atoms with Gasteiger partial charge >= 0.3 is 0 Å². The van der Waals surface area contributed by atoms with Crippen LogP contribution in [0.5, 0.6) is 0 Å². The van der Waals surface area contributed by atoms with Crippen molar-refractivity contribution in [3.05, 3.63) is 34.6 Å². The summed E-state index contributed by atoms with van der Waals surface area (Å²) in [6.45, 7) is -0.206. The van der Waals surface area contributed by atoms with Gasteiger partial charge in [0.05, 0.1) is 16.3 Å². The van der Waals surface area contributed by atoms with Crippen LogP contribution in [0.25, 0.3) is 0 Å². The lowest BCUT2D eigenvalue weighted by molar-refractivity contribution is 0.0952. The molecule has 17 heavy (non-hydrogen) atoms. The van der Waals surface area contributed by atoms with E-state index in [0.29, 0.717) is 0 Å². The quantitative estimate of drug-likeness (QED) is 0.841. The van der Waals surface area contributed by atoms with Crippen LogP contribution in [-0.4, -0.2) is 26.6 Å². The Morgan fingerprint density at radius 2 is 2.12 bits per heavy atom. The van der Waals surface area contributed by atoms with Gasteiger partial charge in [-0.1, -0.05) is 17.7 Å². The van der Waals surface area contributed by atoms with Crippen molar-refractivity contribution in [1.82, 2.24) is 5.32 Å². The minimum atomic E-state index is -3.66. The van der Waals surface area contributed by atoms with E-state index in [1.807, 2.05) is 0 Å². The summed E-state index contributed by atoms with van der Waals surface area (Å²) in [4.78, 5) is 11.5. The summed E-state index contributed by atoms with van der Waals surface area (Å²) >= 11 is 5.65. The Hall–Kier alpha value is -1.18. The molecule has 0 aromatic heterocycles. The third kappa shape index (κ3) is 4.29. The van der Waals surface area contributed by atoms with Gasteiger partial charge in [-0.05, 0) is 12.1 Å². The Labute approximate surface area is 103 Å². The first-order valence-electron chi connectivity index (χ1n) is 4.54. The predicted octanol–water partition coefficient (Wildman–Crippen LogP) is 0.497. The lowest BCUT2D eigenvalue weighted by Gasteiger charge is -2.06. The summed E-state index contributed by atoms with van der Waals surface area (Å²) in [5.74, 6) is -1.98. The summed E-state index contributed by atoms with van der Waals surface area (Å²) in [7, 11) is -3.66. The number of hydrogen-bond donors (Lipinski definition) is 2. The number of sulfonamides is 1. The van der Waals surface area contributed by atoms with Crippen molar-refractivity contribution in [2.45, 2.75) is 0 Å². The van der Waals surface area contributed by atoms with Crippen molar-refractivity contribution in [1.29, 1.82) is 0 Å². The molecule has 3 N–H and O–H groups in total. The van der Waals surface area contributed by atoms with Gasteiger partial charge in [-0.3, -0.25) is 4.79 Å². The first-order chi connectivity index (χ1) is 7.81. The Morgan fingerprint density at radius 1 is 1.47 bits per heavy atom. The van der Waals surface area contributed by atoms with E-state index < -0.39 is 27.5 Å². The van der Waals surface area contributed by atoms with E-state index in [1.165, 1.54) is 12.1 Å². The second kappa shape index (κ2) is 5.44. The van der Waals surface area contributed by atoms with Crippen LogP contribution >= 0.6 is 11.6 Å². The van der Waals surface area contributed by atoms with Gasteiger partial charge < -0.3 is 5.32 Å². The van der Waals surface area contributed by atoms with Gasteiger partial charge in [-0.25, -0.2) is 17.9 Å². The summed E-state index contributed by atoms with van der Waals surface area (Å²) in [5.41, 5.74) is -0.316. The van der Waals surface area contributed by atoms with E-state index in [2.05, 4.69) is 5.32 Å². The second-order valence-corrected chi connectivity index (χ2v) is 5.36. The fourth-order valence-electron chi connectivity index (χ4n) is 1.11.